The number of fused-ring (bicyclic) bond motifs is 3. The molecule has 0 saturated carbocycles. The van der Waals surface area contributed by atoms with Crippen LogP contribution in [0.1, 0.15) is 61.4 Å². The first-order chi connectivity index (χ1) is 15.7. The lowest BCUT2D eigenvalue weighted by molar-refractivity contribution is -0.660. The highest BCUT2D eigenvalue weighted by Gasteiger charge is 2.36. The van der Waals surface area contributed by atoms with Crippen LogP contribution >= 0.6 is 0 Å². The van der Waals surface area contributed by atoms with Crippen LogP contribution in [-0.4, -0.2) is 0 Å². The van der Waals surface area contributed by atoms with Gasteiger partial charge in [0.2, 0.25) is 5.69 Å². The summed E-state index contributed by atoms with van der Waals surface area (Å²) in [5, 5.41) is 0. The molecule has 0 bridgehead atoms. The van der Waals surface area contributed by atoms with Crippen LogP contribution in [0.2, 0.25) is 0 Å². The number of hydrogen-bond acceptors (Lipinski definition) is 0. The largest absolute Gasteiger partial charge is 0.213 e. The van der Waals surface area contributed by atoms with Crippen LogP contribution in [0.4, 0.5) is 0 Å². The van der Waals surface area contributed by atoms with E-state index >= 15 is 0 Å². The molecule has 0 N–H and O–H groups in total. The minimum absolute atomic E-state index is 0.00221. The predicted octanol–water partition coefficient (Wildman–Crippen LogP) is 7.89. The summed E-state index contributed by atoms with van der Waals surface area (Å²) in [6, 6.07) is 25.2. The molecule has 3 aromatic carbocycles. The Labute approximate surface area is 198 Å². The van der Waals surface area contributed by atoms with Crippen molar-refractivity contribution in [2.24, 2.45) is 7.05 Å². The molecule has 0 amide bonds. The molecule has 1 aromatic heterocycles. The van der Waals surface area contributed by atoms with Gasteiger partial charge in [-0.1, -0.05) is 76.2 Å². The maximum atomic E-state index is 2.44. The Kier molecular flexibility index (Phi) is 5.05. The van der Waals surface area contributed by atoms with Crippen LogP contribution < -0.4 is 4.57 Å². The second-order valence-corrected chi connectivity index (χ2v) is 10.5. The van der Waals surface area contributed by atoms with E-state index in [0.717, 1.165) is 0 Å². The highest BCUT2D eigenvalue weighted by molar-refractivity contribution is 5.84. The Morgan fingerprint density at radius 1 is 0.697 bits per heavy atom. The number of aromatic nitrogens is 1. The fraction of sp³-hybridized carbons (Fsp3) is 0.281. The summed E-state index contributed by atoms with van der Waals surface area (Å²) in [6.45, 7) is 13.7. The number of rotatable bonds is 3. The summed E-state index contributed by atoms with van der Waals surface area (Å²) in [5.41, 5.74) is 14.8. The molecular weight excluding hydrogens is 398 g/mol. The molecule has 1 heteroatoms. The van der Waals surface area contributed by atoms with Crippen LogP contribution in [0.3, 0.4) is 0 Å². The van der Waals surface area contributed by atoms with Crippen molar-refractivity contribution in [3.63, 3.8) is 0 Å². The zero-order valence-electron chi connectivity index (χ0n) is 21.0. The van der Waals surface area contributed by atoms with E-state index in [1.165, 1.54) is 61.3 Å². The first-order valence-corrected chi connectivity index (χ1v) is 12.0. The molecule has 1 nitrogen and oxygen atoms in total. The van der Waals surface area contributed by atoms with Crippen molar-refractivity contribution < 1.29 is 4.57 Å². The van der Waals surface area contributed by atoms with Gasteiger partial charge in [-0.2, -0.15) is 0 Å². The molecular formula is C32H34N+. The van der Waals surface area contributed by atoms with Crippen LogP contribution in [-0.2, 0) is 12.5 Å². The molecule has 166 valence electrons. The molecule has 0 radical (unpaired) electrons. The molecule has 0 unspecified atom stereocenters. The molecule has 4 aromatic rings. The van der Waals surface area contributed by atoms with Gasteiger partial charge in [0.1, 0.15) is 7.05 Å². The Bertz CT molecular complexity index is 1390. The number of hydrogen-bond donors (Lipinski definition) is 0. The monoisotopic (exact) mass is 432 g/mol. The summed E-state index contributed by atoms with van der Waals surface area (Å²) in [6.07, 6.45) is 2.26. The van der Waals surface area contributed by atoms with Gasteiger partial charge in [-0.25, -0.2) is 4.57 Å². The topological polar surface area (TPSA) is 3.88 Å². The lowest BCUT2D eigenvalue weighted by Crippen LogP contribution is -2.31. The van der Waals surface area contributed by atoms with Crippen molar-refractivity contribution in [1.82, 2.24) is 0 Å². The SMILES string of the molecule is Cc1c[n+](C)c(-c2ccccc2C)cc1-c1ccc2c(c1)C(C)(C)c1cc(C(C)C)ccc1-2. The fourth-order valence-electron chi connectivity index (χ4n) is 5.50. The summed E-state index contributed by atoms with van der Waals surface area (Å²) in [7, 11) is 2.15. The van der Waals surface area contributed by atoms with E-state index in [1.807, 2.05) is 0 Å². The van der Waals surface area contributed by atoms with Gasteiger partial charge in [-0.15, -0.1) is 0 Å². The van der Waals surface area contributed by atoms with Gasteiger partial charge >= 0.3 is 0 Å². The molecule has 0 saturated heterocycles. The van der Waals surface area contributed by atoms with Crippen LogP contribution in [0.5, 0.6) is 0 Å². The van der Waals surface area contributed by atoms with E-state index in [-0.39, 0.29) is 5.41 Å². The highest BCUT2D eigenvalue weighted by Crippen LogP contribution is 2.50. The van der Waals surface area contributed by atoms with E-state index < -0.39 is 0 Å². The van der Waals surface area contributed by atoms with Gasteiger partial charge in [0, 0.05) is 22.6 Å². The van der Waals surface area contributed by atoms with Gasteiger partial charge in [-0.3, -0.25) is 0 Å². The first kappa shape index (κ1) is 21.6. The maximum Gasteiger partial charge on any atom is 0.213 e. The average molecular weight is 433 g/mol. The van der Waals surface area contributed by atoms with E-state index in [2.05, 4.69) is 126 Å². The van der Waals surface area contributed by atoms with E-state index in [9.17, 15) is 0 Å². The molecule has 1 heterocycles. The van der Waals surface area contributed by atoms with Gasteiger partial charge in [0.15, 0.2) is 6.20 Å². The van der Waals surface area contributed by atoms with Crippen molar-refractivity contribution in [2.75, 3.05) is 0 Å². The molecule has 1 aliphatic rings. The summed E-state index contributed by atoms with van der Waals surface area (Å²) < 4.78 is 2.25. The van der Waals surface area contributed by atoms with Gasteiger partial charge in [-0.05, 0) is 76.4 Å². The number of pyridine rings is 1. The molecule has 0 aliphatic heterocycles. The summed E-state index contributed by atoms with van der Waals surface area (Å²) >= 11 is 0. The second-order valence-electron chi connectivity index (χ2n) is 10.5. The van der Waals surface area contributed by atoms with Crippen molar-refractivity contribution in [3.05, 3.63) is 101 Å². The van der Waals surface area contributed by atoms with Crippen molar-refractivity contribution >= 4 is 0 Å². The van der Waals surface area contributed by atoms with Gasteiger partial charge < -0.3 is 0 Å². The lowest BCUT2D eigenvalue weighted by Gasteiger charge is -2.23. The van der Waals surface area contributed by atoms with Gasteiger partial charge in [0.25, 0.3) is 0 Å². The van der Waals surface area contributed by atoms with Crippen molar-refractivity contribution in [3.8, 4) is 33.5 Å². The number of aryl methyl sites for hydroxylation is 3. The normalized spacial score (nSPS) is 13.8. The lowest BCUT2D eigenvalue weighted by atomic mass is 9.80. The van der Waals surface area contributed by atoms with Gasteiger partial charge in [0.05, 0.1) is 0 Å². The average Bonchev–Trinajstić information content (AvgIpc) is 3.01. The highest BCUT2D eigenvalue weighted by atomic mass is 14.9. The Hall–Kier alpha value is -3.19. The zero-order chi connectivity index (χ0) is 23.5. The molecule has 5 rings (SSSR count). The second kappa shape index (κ2) is 7.70. The minimum atomic E-state index is -0.00221. The third-order valence-electron chi connectivity index (χ3n) is 7.57. The first-order valence-electron chi connectivity index (χ1n) is 12.0. The minimum Gasteiger partial charge on any atom is -0.201 e. The molecule has 33 heavy (non-hydrogen) atoms. The molecule has 1 aliphatic carbocycles. The zero-order valence-corrected chi connectivity index (χ0v) is 21.0. The predicted molar refractivity (Wildman–Crippen MR) is 140 cm³/mol. The smallest absolute Gasteiger partial charge is 0.201 e. The number of nitrogens with zero attached hydrogens (tertiary/aromatic N) is 1. The Morgan fingerprint density at radius 3 is 2.06 bits per heavy atom. The molecule has 0 spiro atoms. The van der Waals surface area contributed by atoms with Crippen molar-refractivity contribution in [2.45, 2.75) is 52.9 Å². The van der Waals surface area contributed by atoms with E-state index in [4.69, 9.17) is 0 Å². The van der Waals surface area contributed by atoms with Crippen LogP contribution in [0.25, 0.3) is 33.5 Å². The standard InChI is InChI=1S/C32H34N/c1-20(2)23-12-14-26-27-15-13-24(17-30(27)32(5,6)29(26)16-23)28-18-31(33(7)19-22(28)4)25-11-9-8-10-21(25)3/h8-20H,1-7H3/q+1. The molecule has 0 atom stereocenters. The third-order valence-corrected chi connectivity index (χ3v) is 7.57. The maximum absolute atomic E-state index is 2.44. The molecule has 0 fully saturated rings. The van der Waals surface area contributed by atoms with E-state index in [1.54, 1.807) is 0 Å². The fourth-order valence-corrected chi connectivity index (χ4v) is 5.50. The third kappa shape index (κ3) is 3.42. The quantitative estimate of drug-likeness (QED) is 0.290. The van der Waals surface area contributed by atoms with Crippen LogP contribution in [0, 0.1) is 13.8 Å². The van der Waals surface area contributed by atoms with Crippen molar-refractivity contribution in [1.29, 1.82) is 0 Å². The summed E-state index contributed by atoms with van der Waals surface area (Å²) in [4.78, 5) is 0. The van der Waals surface area contributed by atoms with Crippen LogP contribution in [0.15, 0.2) is 72.9 Å². The Morgan fingerprint density at radius 2 is 1.36 bits per heavy atom. The summed E-state index contributed by atoms with van der Waals surface area (Å²) in [5.74, 6) is 0.540. The Balaban J connectivity index is 1.66. The number of benzene rings is 3. The van der Waals surface area contributed by atoms with E-state index in [0.29, 0.717) is 5.92 Å².